The Morgan fingerprint density at radius 1 is 1.48 bits per heavy atom. The fraction of sp³-hybridized carbons (Fsp3) is 0.562. The minimum absolute atomic E-state index is 0.0143. The van der Waals surface area contributed by atoms with Crippen molar-refractivity contribution >= 4 is 39.3 Å². The topological polar surface area (TPSA) is 61.2 Å². The zero-order chi connectivity index (χ0) is 16.4. The van der Waals surface area contributed by atoms with Crippen LogP contribution in [-0.2, 0) is 22.5 Å². The van der Waals surface area contributed by atoms with Gasteiger partial charge in [0.2, 0.25) is 0 Å². The summed E-state index contributed by atoms with van der Waals surface area (Å²) in [6, 6.07) is 1.89. The van der Waals surface area contributed by atoms with Crippen LogP contribution < -0.4 is 5.56 Å². The number of nitrogens with zero attached hydrogens (tertiary/aromatic N) is 2. The highest BCUT2D eigenvalue weighted by Gasteiger charge is 2.21. The van der Waals surface area contributed by atoms with Gasteiger partial charge in [0.1, 0.15) is 17.5 Å². The monoisotopic (exact) mass is 352 g/mol. The first-order chi connectivity index (χ1) is 11.1. The number of thioether (sulfide) groups is 1. The largest absolute Gasteiger partial charge is 0.461 e. The van der Waals surface area contributed by atoms with Crippen LogP contribution in [0.1, 0.15) is 37.5 Å². The molecule has 3 rings (SSSR count). The normalized spacial score (nSPS) is 15.4. The second kappa shape index (κ2) is 7.05. The van der Waals surface area contributed by atoms with Crippen LogP contribution in [0.2, 0.25) is 0 Å². The summed E-state index contributed by atoms with van der Waals surface area (Å²) in [4.78, 5) is 31.3. The van der Waals surface area contributed by atoms with E-state index in [2.05, 4.69) is 11.9 Å². The third-order valence-corrected chi connectivity index (χ3v) is 5.94. The minimum Gasteiger partial charge on any atom is -0.461 e. The molecule has 1 aliphatic rings. The molecule has 2 heterocycles. The van der Waals surface area contributed by atoms with Crippen LogP contribution in [0.25, 0.3) is 10.2 Å². The van der Waals surface area contributed by atoms with E-state index in [0.717, 1.165) is 41.8 Å². The minimum atomic E-state index is -0.346. The van der Waals surface area contributed by atoms with Gasteiger partial charge in [-0.15, -0.1) is 11.3 Å². The molecule has 2 aromatic rings. The zero-order valence-electron chi connectivity index (χ0n) is 13.3. The van der Waals surface area contributed by atoms with E-state index in [-0.39, 0.29) is 24.2 Å². The third-order valence-electron chi connectivity index (χ3n) is 4.09. The molecule has 0 bridgehead atoms. The van der Waals surface area contributed by atoms with Crippen LogP contribution in [-0.4, -0.2) is 27.9 Å². The average molecular weight is 352 g/mol. The lowest BCUT2D eigenvalue weighted by atomic mass is 10.3. The van der Waals surface area contributed by atoms with E-state index in [1.807, 2.05) is 12.3 Å². The van der Waals surface area contributed by atoms with Crippen molar-refractivity contribution in [2.24, 2.45) is 0 Å². The summed E-state index contributed by atoms with van der Waals surface area (Å²) in [7, 11) is 0. The summed E-state index contributed by atoms with van der Waals surface area (Å²) >= 11 is 2.92. The molecule has 0 N–H and O–H groups in total. The predicted octanol–water partition coefficient (Wildman–Crippen LogP) is 3.23. The average Bonchev–Trinajstić information content (AvgIpc) is 3.18. The van der Waals surface area contributed by atoms with Crippen molar-refractivity contribution in [3.63, 3.8) is 0 Å². The van der Waals surface area contributed by atoms with Gasteiger partial charge < -0.3 is 4.74 Å². The first-order valence-electron chi connectivity index (χ1n) is 7.89. The summed E-state index contributed by atoms with van der Waals surface area (Å²) in [5.41, 5.74) is -0.154. The number of esters is 1. The van der Waals surface area contributed by atoms with Crippen LogP contribution in [0.5, 0.6) is 0 Å². The lowest BCUT2D eigenvalue weighted by molar-refractivity contribution is -0.149. The quantitative estimate of drug-likeness (QED) is 0.470. The van der Waals surface area contributed by atoms with E-state index in [1.54, 1.807) is 11.3 Å². The molecule has 0 saturated heterocycles. The highest BCUT2D eigenvalue weighted by molar-refractivity contribution is 7.98. The highest BCUT2D eigenvalue weighted by atomic mass is 32.2. The number of aryl methyl sites for hydroxylation is 1. The second-order valence-electron chi connectivity index (χ2n) is 5.67. The Labute approximate surface area is 143 Å². The van der Waals surface area contributed by atoms with Crippen LogP contribution in [0, 0.1) is 0 Å². The first-order valence-corrected chi connectivity index (χ1v) is 9.93. The number of thiophene rings is 1. The number of fused-ring (bicyclic) bond motifs is 1. The van der Waals surface area contributed by atoms with E-state index >= 15 is 0 Å². The van der Waals surface area contributed by atoms with Gasteiger partial charge in [-0.2, -0.15) is 0 Å². The third kappa shape index (κ3) is 3.45. The first kappa shape index (κ1) is 16.5. The molecule has 5 nitrogen and oxygen atoms in total. The number of hydrogen-bond acceptors (Lipinski definition) is 6. The van der Waals surface area contributed by atoms with Gasteiger partial charge in [-0.05, 0) is 44.4 Å². The Morgan fingerprint density at radius 3 is 2.87 bits per heavy atom. The van der Waals surface area contributed by atoms with Gasteiger partial charge in [0.05, 0.1) is 5.39 Å². The number of hydrogen-bond donors (Lipinski definition) is 0. The maximum atomic E-state index is 12.7. The maximum absolute atomic E-state index is 12.7. The highest BCUT2D eigenvalue weighted by Crippen LogP contribution is 2.25. The van der Waals surface area contributed by atoms with E-state index in [9.17, 15) is 9.59 Å². The lowest BCUT2D eigenvalue weighted by Crippen LogP contribution is -2.29. The van der Waals surface area contributed by atoms with Crippen molar-refractivity contribution in [2.45, 2.75) is 56.8 Å². The number of aromatic nitrogens is 2. The molecular weight excluding hydrogens is 332 g/mol. The molecule has 1 saturated carbocycles. The number of carbonyl (C=O) groups excluding carboxylic acids is 1. The summed E-state index contributed by atoms with van der Waals surface area (Å²) in [6.07, 6.45) is 6.82. The smallest absolute Gasteiger partial charge is 0.326 e. The molecule has 1 fully saturated rings. The molecule has 0 unspecified atom stereocenters. The number of ether oxygens (including phenoxy) is 1. The molecule has 1 aliphatic carbocycles. The molecule has 0 spiro atoms. The van der Waals surface area contributed by atoms with Gasteiger partial charge in [0.25, 0.3) is 5.56 Å². The summed E-state index contributed by atoms with van der Waals surface area (Å²) in [6.45, 7) is 1.99. The van der Waals surface area contributed by atoms with E-state index < -0.39 is 0 Å². The van der Waals surface area contributed by atoms with Gasteiger partial charge in [0.15, 0.2) is 5.16 Å². The van der Waals surface area contributed by atoms with Crippen LogP contribution in [0.3, 0.4) is 0 Å². The molecule has 7 heteroatoms. The molecule has 0 radical (unpaired) electrons. The lowest BCUT2D eigenvalue weighted by Gasteiger charge is -2.13. The standard InChI is InChI=1S/C16H20N2O3S2/c1-3-11-8-12-14(23-11)17-16(22-2)18(15(12)20)9-13(19)21-10-6-4-5-7-10/h8,10H,3-7,9H2,1-2H3. The zero-order valence-corrected chi connectivity index (χ0v) is 15.0. The molecule has 0 aliphatic heterocycles. The van der Waals surface area contributed by atoms with E-state index in [0.29, 0.717) is 10.5 Å². The van der Waals surface area contributed by atoms with E-state index in [4.69, 9.17) is 4.74 Å². The van der Waals surface area contributed by atoms with Gasteiger partial charge in [0, 0.05) is 4.88 Å². The SMILES string of the molecule is CCc1cc2c(=O)n(CC(=O)OC3CCCC3)c(SC)nc2s1. The van der Waals surface area contributed by atoms with Crippen molar-refractivity contribution in [1.82, 2.24) is 9.55 Å². The van der Waals surface area contributed by atoms with Gasteiger partial charge >= 0.3 is 5.97 Å². The Bertz CT molecular complexity index is 775. The fourth-order valence-electron chi connectivity index (χ4n) is 2.88. The Balaban J connectivity index is 1.90. The van der Waals surface area contributed by atoms with Crippen LogP contribution in [0.15, 0.2) is 16.0 Å². The molecule has 0 amide bonds. The van der Waals surface area contributed by atoms with Crippen molar-refractivity contribution in [1.29, 1.82) is 0 Å². The summed E-state index contributed by atoms with van der Waals surface area (Å²) in [5.74, 6) is -0.346. The van der Waals surface area contributed by atoms with Crippen molar-refractivity contribution in [3.8, 4) is 0 Å². The Hall–Kier alpha value is -1.34. The van der Waals surface area contributed by atoms with E-state index in [1.165, 1.54) is 16.3 Å². The molecule has 0 aromatic carbocycles. The summed E-state index contributed by atoms with van der Waals surface area (Å²) in [5, 5.41) is 1.16. The number of rotatable bonds is 5. The van der Waals surface area contributed by atoms with Gasteiger partial charge in [-0.1, -0.05) is 18.7 Å². The predicted molar refractivity (Wildman–Crippen MR) is 93.4 cm³/mol. The molecule has 124 valence electrons. The number of carbonyl (C=O) groups is 1. The Morgan fingerprint density at radius 2 is 2.22 bits per heavy atom. The van der Waals surface area contributed by atoms with Gasteiger partial charge in [-0.3, -0.25) is 14.2 Å². The van der Waals surface area contributed by atoms with Crippen LogP contribution >= 0.6 is 23.1 Å². The second-order valence-corrected chi connectivity index (χ2v) is 7.56. The molecule has 23 heavy (non-hydrogen) atoms. The Kier molecular flexibility index (Phi) is 5.06. The molecule has 0 atom stereocenters. The van der Waals surface area contributed by atoms with Crippen molar-refractivity contribution in [3.05, 3.63) is 21.3 Å². The van der Waals surface area contributed by atoms with Crippen LogP contribution in [0.4, 0.5) is 0 Å². The van der Waals surface area contributed by atoms with Crippen molar-refractivity contribution in [2.75, 3.05) is 6.26 Å². The molecular formula is C16H20N2O3S2. The van der Waals surface area contributed by atoms with Crippen molar-refractivity contribution < 1.29 is 9.53 Å². The summed E-state index contributed by atoms with van der Waals surface area (Å²) < 4.78 is 6.92. The maximum Gasteiger partial charge on any atom is 0.326 e. The molecule has 2 aromatic heterocycles. The fourth-order valence-corrected chi connectivity index (χ4v) is 4.44. The van der Waals surface area contributed by atoms with Gasteiger partial charge in [-0.25, -0.2) is 4.98 Å².